The molecule has 2 N–H and O–H groups in total. The Balaban J connectivity index is 1.76. The van der Waals surface area contributed by atoms with Gasteiger partial charge in [0.1, 0.15) is 23.4 Å². The van der Waals surface area contributed by atoms with Gasteiger partial charge in [0, 0.05) is 18.3 Å². The molecule has 11 heteroatoms. The summed E-state index contributed by atoms with van der Waals surface area (Å²) in [6.07, 6.45) is 0. The number of aromatic nitrogens is 1. The van der Waals surface area contributed by atoms with Crippen LogP contribution in [0.15, 0.2) is 35.1 Å². The van der Waals surface area contributed by atoms with E-state index in [9.17, 15) is 27.3 Å². The van der Waals surface area contributed by atoms with Gasteiger partial charge in [0.2, 0.25) is 0 Å². The molecule has 6 nitrogen and oxygen atoms in total. The maximum Gasteiger partial charge on any atom is 0.322 e. The topological polar surface area (TPSA) is 88.3 Å². The van der Waals surface area contributed by atoms with Crippen molar-refractivity contribution in [2.24, 2.45) is 0 Å². The lowest BCUT2D eigenvalue weighted by Gasteiger charge is -2.34. The standard InChI is InChI=1S/C20H15ClF3N3O3S/c1-27(20(29)25-9-2-3-13(22)12(21)4-9)17-8-31(30)7-16-18(17)10-5-14(23)15(24)6-11(10)19(28)26-16/h2-6,17H,7-8H2,1H3,(H,25,29)(H,26,28)/t17-,31-/m0/s1. The van der Waals surface area contributed by atoms with Crippen LogP contribution in [0, 0.1) is 17.5 Å². The molecule has 0 radical (unpaired) electrons. The van der Waals surface area contributed by atoms with E-state index < -0.39 is 46.3 Å². The molecule has 2 aromatic carbocycles. The van der Waals surface area contributed by atoms with Gasteiger partial charge in [-0.15, -0.1) is 0 Å². The molecule has 31 heavy (non-hydrogen) atoms. The Morgan fingerprint density at radius 2 is 1.87 bits per heavy atom. The van der Waals surface area contributed by atoms with Gasteiger partial charge in [-0.25, -0.2) is 18.0 Å². The zero-order valence-corrected chi connectivity index (χ0v) is 17.5. The summed E-state index contributed by atoms with van der Waals surface area (Å²) in [5.41, 5.74) is 0.281. The van der Waals surface area contributed by atoms with Crippen molar-refractivity contribution in [3.63, 3.8) is 0 Å². The van der Waals surface area contributed by atoms with E-state index >= 15 is 0 Å². The van der Waals surface area contributed by atoms with Gasteiger partial charge < -0.3 is 19.8 Å². The number of pyridine rings is 1. The summed E-state index contributed by atoms with van der Waals surface area (Å²) in [4.78, 5) is 29.0. The lowest BCUT2D eigenvalue weighted by molar-refractivity contribution is 0.208. The fourth-order valence-electron chi connectivity index (χ4n) is 3.60. The van der Waals surface area contributed by atoms with Gasteiger partial charge in [-0.2, -0.15) is 0 Å². The number of nitrogens with zero attached hydrogens (tertiary/aromatic N) is 1. The van der Waals surface area contributed by atoms with E-state index in [1.807, 2.05) is 0 Å². The van der Waals surface area contributed by atoms with Crippen molar-refractivity contribution in [3.05, 3.63) is 74.4 Å². The molecule has 0 bridgehead atoms. The predicted octanol–water partition coefficient (Wildman–Crippen LogP) is 4.07. The summed E-state index contributed by atoms with van der Waals surface area (Å²) in [5, 5.41) is 2.46. The number of benzene rings is 2. The minimum absolute atomic E-state index is 0.0129. The van der Waals surface area contributed by atoms with Crippen LogP contribution in [0.1, 0.15) is 17.3 Å². The summed E-state index contributed by atoms with van der Waals surface area (Å²) >= 11 is 4.33. The third-order valence-electron chi connectivity index (χ3n) is 5.13. The van der Waals surface area contributed by atoms with Crippen molar-refractivity contribution in [2.75, 3.05) is 18.1 Å². The third-order valence-corrected chi connectivity index (χ3v) is 6.71. The molecule has 0 unspecified atom stereocenters. The molecule has 1 aromatic heterocycles. The number of carbonyl (C=O) groups excluding carboxylic acids is 1. The second kappa shape index (κ2) is 8.10. The summed E-state index contributed by atoms with van der Waals surface area (Å²) in [6.45, 7) is 0. The number of carbonyl (C=O) groups is 1. The fourth-order valence-corrected chi connectivity index (χ4v) is 5.19. The molecule has 162 valence electrons. The zero-order valence-electron chi connectivity index (χ0n) is 16.0. The van der Waals surface area contributed by atoms with Crippen LogP contribution in [0.2, 0.25) is 5.02 Å². The van der Waals surface area contributed by atoms with E-state index in [4.69, 9.17) is 11.6 Å². The minimum Gasteiger partial charge on any atom is -0.616 e. The highest BCUT2D eigenvalue weighted by Gasteiger charge is 2.36. The van der Waals surface area contributed by atoms with E-state index in [0.29, 0.717) is 11.3 Å². The van der Waals surface area contributed by atoms with Crippen molar-refractivity contribution >= 4 is 45.3 Å². The smallest absolute Gasteiger partial charge is 0.322 e. The zero-order chi connectivity index (χ0) is 22.4. The first-order valence-electron chi connectivity index (χ1n) is 9.03. The van der Waals surface area contributed by atoms with Gasteiger partial charge >= 0.3 is 6.03 Å². The van der Waals surface area contributed by atoms with Crippen LogP contribution in [0.25, 0.3) is 10.8 Å². The molecule has 0 aliphatic carbocycles. The second-order valence-corrected chi connectivity index (χ2v) is 9.00. The Kier molecular flexibility index (Phi) is 5.63. The van der Waals surface area contributed by atoms with Gasteiger partial charge in [0.15, 0.2) is 11.6 Å². The first-order valence-corrected chi connectivity index (χ1v) is 10.9. The number of anilines is 1. The Morgan fingerprint density at radius 1 is 1.19 bits per heavy atom. The van der Waals surface area contributed by atoms with Gasteiger partial charge in [0.05, 0.1) is 16.1 Å². The lowest BCUT2D eigenvalue weighted by atomic mass is 9.97. The monoisotopic (exact) mass is 469 g/mol. The molecule has 0 fully saturated rings. The van der Waals surface area contributed by atoms with Crippen molar-refractivity contribution in [3.8, 4) is 0 Å². The van der Waals surface area contributed by atoms with Crippen molar-refractivity contribution < 1.29 is 22.5 Å². The van der Waals surface area contributed by atoms with Crippen molar-refractivity contribution in [1.29, 1.82) is 0 Å². The van der Waals surface area contributed by atoms with E-state index in [0.717, 1.165) is 18.2 Å². The number of rotatable bonds is 2. The molecule has 2 amide bonds. The quantitative estimate of drug-likeness (QED) is 0.555. The Labute approximate surface area is 182 Å². The Bertz CT molecular complexity index is 1270. The molecule has 2 atom stereocenters. The highest BCUT2D eigenvalue weighted by atomic mass is 35.5. The van der Waals surface area contributed by atoms with Crippen LogP contribution in [-0.2, 0) is 16.9 Å². The van der Waals surface area contributed by atoms with Crippen LogP contribution in [0.4, 0.5) is 23.7 Å². The molecule has 1 aliphatic rings. The predicted molar refractivity (Wildman–Crippen MR) is 112 cm³/mol. The second-order valence-electron chi connectivity index (χ2n) is 7.09. The summed E-state index contributed by atoms with van der Waals surface area (Å²) < 4.78 is 53.5. The largest absolute Gasteiger partial charge is 0.616 e. The first kappa shape index (κ1) is 21.5. The molecular weight excluding hydrogens is 455 g/mol. The van der Waals surface area contributed by atoms with Crippen molar-refractivity contribution in [1.82, 2.24) is 9.88 Å². The molecule has 1 aliphatic heterocycles. The molecule has 0 saturated heterocycles. The number of H-pyrrole nitrogens is 1. The first-order chi connectivity index (χ1) is 14.7. The Morgan fingerprint density at radius 3 is 2.55 bits per heavy atom. The van der Waals surface area contributed by atoms with Crippen LogP contribution in [0.5, 0.6) is 0 Å². The maximum atomic E-state index is 14.0. The average Bonchev–Trinajstić information content (AvgIpc) is 2.71. The van der Waals surface area contributed by atoms with Gasteiger partial charge in [-0.3, -0.25) is 4.79 Å². The number of urea groups is 1. The Hall–Kier alpha value is -2.69. The number of nitrogens with one attached hydrogen (secondary N) is 2. The van der Waals surface area contributed by atoms with Crippen molar-refractivity contribution in [2.45, 2.75) is 11.8 Å². The molecule has 3 aromatic rings. The van der Waals surface area contributed by atoms with Crippen LogP contribution < -0.4 is 10.9 Å². The minimum atomic E-state index is -1.41. The summed E-state index contributed by atoms with van der Waals surface area (Å²) in [5.74, 6) is -2.92. The van der Waals surface area contributed by atoms with E-state index in [1.165, 1.54) is 24.1 Å². The number of halogens is 4. The van der Waals surface area contributed by atoms with Crippen LogP contribution in [-0.4, -0.2) is 33.3 Å². The van der Waals surface area contributed by atoms with E-state index in [1.54, 1.807) is 0 Å². The van der Waals surface area contributed by atoms with Gasteiger partial charge in [-0.1, -0.05) is 11.6 Å². The number of hydrogen-bond donors (Lipinski definition) is 2. The van der Waals surface area contributed by atoms with E-state index in [2.05, 4.69) is 10.3 Å². The van der Waals surface area contributed by atoms with Gasteiger partial charge in [-0.05, 0) is 46.9 Å². The fraction of sp³-hybridized carbons (Fsp3) is 0.200. The highest BCUT2D eigenvalue weighted by Crippen LogP contribution is 2.36. The molecular formula is C20H15ClF3N3O3S. The molecule has 0 spiro atoms. The van der Waals surface area contributed by atoms with E-state index in [-0.39, 0.29) is 33.0 Å². The lowest BCUT2D eigenvalue weighted by Crippen LogP contribution is -2.41. The summed E-state index contributed by atoms with van der Waals surface area (Å²) in [6, 6.07) is 3.94. The third kappa shape index (κ3) is 3.98. The van der Waals surface area contributed by atoms with Crippen LogP contribution >= 0.6 is 11.6 Å². The average molecular weight is 470 g/mol. The summed E-state index contributed by atoms with van der Waals surface area (Å²) in [7, 11) is 1.44. The number of hydrogen-bond acceptors (Lipinski definition) is 3. The molecule has 4 rings (SSSR count). The van der Waals surface area contributed by atoms with Crippen LogP contribution in [0.3, 0.4) is 0 Å². The van der Waals surface area contributed by atoms with Gasteiger partial charge in [0.25, 0.3) is 5.56 Å². The number of amides is 2. The SMILES string of the molecule is CN(C(=O)Nc1ccc(F)c(Cl)c1)[C@H]1C[S@@+]([O-])Cc2[nH]c(=O)c3cc(F)c(F)cc3c21. The number of fused-ring (bicyclic) bond motifs is 3. The molecule has 0 saturated carbocycles. The highest BCUT2D eigenvalue weighted by molar-refractivity contribution is 7.90. The number of aromatic amines is 1. The molecule has 2 heterocycles. The normalized spacial score (nSPS) is 18.0. The maximum absolute atomic E-state index is 14.0.